The minimum Gasteiger partial charge on any atom is -0.292 e. The maximum Gasteiger partial charge on any atom is 0.147 e. The normalized spacial score (nSPS) is 11.0. The number of rotatable bonds is 2. The molecule has 0 fully saturated rings. The van der Waals surface area contributed by atoms with Crippen LogP contribution in [0.4, 0.5) is 0 Å². The Hall–Kier alpha value is -2.94. The van der Waals surface area contributed by atoms with Crippen molar-refractivity contribution in [3.63, 3.8) is 0 Å². The van der Waals surface area contributed by atoms with E-state index < -0.39 is 0 Å². The zero-order valence-corrected chi connectivity index (χ0v) is 12.3. The third-order valence-corrected chi connectivity index (χ3v) is 3.74. The molecule has 0 aliphatic rings. The quantitative estimate of drug-likeness (QED) is 0.546. The predicted molar refractivity (Wildman–Crippen MR) is 89.0 cm³/mol. The molecule has 3 nitrogen and oxygen atoms in total. The van der Waals surface area contributed by atoms with Crippen molar-refractivity contribution in [3.05, 3.63) is 78.6 Å². The number of para-hydroxylation sites is 3. The lowest BCUT2D eigenvalue weighted by molar-refractivity contribution is 1.09. The van der Waals surface area contributed by atoms with Crippen molar-refractivity contribution in [2.75, 3.05) is 0 Å². The van der Waals surface area contributed by atoms with E-state index in [9.17, 15) is 0 Å². The number of fused-ring (bicyclic) bond motifs is 1. The van der Waals surface area contributed by atoms with Gasteiger partial charge in [-0.25, -0.2) is 4.98 Å². The van der Waals surface area contributed by atoms with Gasteiger partial charge in [0.25, 0.3) is 0 Å². The first-order valence-corrected chi connectivity index (χ1v) is 7.29. The van der Waals surface area contributed by atoms with E-state index in [1.165, 1.54) is 0 Å². The van der Waals surface area contributed by atoms with Crippen LogP contribution < -0.4 is 0 Å². The largest absolute Gasteiger partial charge is 0.292 e. The highest BCUT2D eigenvalue weighted by molar-refractivity contribution is 5.83. The molecule has 0 unspecified atom stereocenters. The van der Waals surface area contributed by atoms with Crippen LogP contribution in [0.25, 0.3) is 28.1 Å². The molecule has 2 aromatic heterocycles. The zero-order valence-electron chi connectivity index (χ0n) is 12.3. The smallest absolute Gasteiger partial charge is 0.147 e. The summed E-state index contributed by atoms with van der Waals surface area (Å²) in [6.07, 6.45) is 1.88. The molecular formula is C19H15N3. The van der Waals surface area contributed by atoms with Gasteiger partial charge in [0, 0.05) is 23.1 Å². The zero-order chi connectivity index (χ0) is 14.9. The van der Waals surface area contributed by atoms with Crippen LogP contribution >= 0.6 is 0 Å². The Kier molecular flexibility index (Phi) is 2.97. The van der Waals surface area contributed by atoms with Gasteiger partial charge in [-0.2, -0.15) is 0 Å². The number of pyridine rings is 1. The summed E-state index contributed by atoms with van der Waals surface area (Å²) >= 11 is 0. The van der Waals surface area contributed by atoms with Crippen molar-refractivity contribution >= 4 is 11.0 Å². The summed E-state index contributed by atoms with van der Waals surface area (Å²) in [5.41, 5.74) is 5.22. The fraction of sp³-hybridized carbons (Fsp3) is 0.0526. The van der Waals surface area contributed by atoms with Crippen molar-refractivity contribution in [1.29, 1.82) is 0 Å². The second-order valence-electron chi connectivity index (χ2n) is 5.28. The van der Waals surface area contributed by atoms with E-state index in [0.29, 0.717) is 0 Å². The standard InChI is InChI=1S/C19H15N3/c1-14-11-12-15(13-20-14)19-21-17-9-5-6-10-18(17)22(19)16-7-3-2-4-8-16/h2-13H,1H3. The van der Waals surface area contributed by atoms with Crippen LogP contribution in [-0.4, -0.2) is 14.5 Å². The van der Waals surface area contributed by atoms with Crippen LogP contribution in [0, 0.1) is 6.92 Å². The average molecular weight is 285 g/mol. The molecule has 4 aromatic rings. The van der Waals surface area contributed by atoms with Crippen LogP contribution in [-0.2, 0) is 0 Å². The van der Waals surface area contributed by atoms with Crippen molar-refractivity contribution < 1.29 is 0 Å². The summed E-state index contributed by atoms with van der Waals surface area (Å²) in [6.45, 7) is 1.99. The molecule has 0 radical (unpaired) electrons. The average Bonchev–Trinajstić information content (AvgIpc) is 2.96. The third-order valence-electron chi connectivity index (χ3n) is 3.74. The Morgan fingerprint density at radius 2 is 1.59 bits per heavy atom. The number of imidazole rings is 1. The van der Waals surface area contributed by atoms with Crippen molar-refractivity contribution in [1.82, 2.24) is 14.5 Å². The Morgan fingerprint density at radius 3 is 2.36 bits per heavy atom. The molecule has 2 heterocycles. The molecule has 2 aromatic carbocycles. The summed E-state index contributed by atoms with van der Waals surface area (Å²) < 4.78 is 2.18. The van der Waals surface area contributed by atoms with E-state index in [1.807, 2.05) is 55.6 Å². The molecule has 4 rings (SSSR count). The highest BCUT2D eigenvalue weighted by atomic mass is 15.1. The topological polar surface area (TPSA) is 30.7 Å². The second-order valence-corrected chi connectivity index (χ2v) is 5.28. The molecule has 22 heavy (non-hydrogen) atoms. The fourth-order valence-corrected chi connectivity index (χ4v) is 2.66. The van der Waals surface area contributed by atoms with Gasteiger partial charge in [-0.1, -0.05) is 30.3 Å². The maximum atomic E-state index is 4.81. The van der Waals surface area contributed by atoms with E-state index in [2.05, 4.69) is 33.8 Å². The van der Waals surface area contributed by atoms with Gasteiger partial charge in [0.2, 0.25) is 0 Å². The van der Waals surface area contributed by atoms with Gasteiger partial charge in [0.05, 0.1) is 11.0 Å². The molecule has 0 saturated carbocycles. The molecule has 0 spiro atoms. The van der Waals surface area contributed by atoms with Gasteiger partial charge in [0.15, 0.2) is 0 Å². The minimum atomic E-state index is 0.917. The fourth-order valence-electron chi connectivity index (χ4n) is 2.66. The Labute approximate surface area is 128 Å². The molecule has 0 bridgehead atoms. The lowest BCUT2D eigenvalue weighted by atomic mass is 10.2. The van der Waals surface area contributed by atoms with Crippen molar-refractivity contribution in [2.45, 2.75) is 6.92 Å². The molecule has 3 heteroatoms. The van der Waals surface area contributed by atoms with Crippen molar-refractivity contribution in [2.24, 2.45) is 0 Å². The summed E-state index contributed by atoms with van der Waals surface area (Å²) in [5, 5.41) is 0. The molecule has 0 aliphatic carbocycles. The van der Waals surface area contributed by atoms with E-state index in [4.69, 9.17) is 4.98 Å². The second kappa shape index (κ2) is 5.11. The third kappa shape index (κ3) is 2.07. The number of hydrogen-bond donors (Lipinski definition) is 0. The van der Waals surface area contributed by atoms with E-state index in [0.717, 1.165) is 33.8 Å². The van der Waals surface area contributed by atoms with Gasteiger partial charge in [-0.3, -0.25) is 9.55 Å². The Balaban J connectivity index is 2.04. The van der Waals surface area contributed by atoms with Crippen LogP contribution in [0.3, 0.4) is 0 Å². The number of aromatic nitrogens is 3. The number of benzene rings is 2. The number of aryl methyl sites for hydroxylation is 1. The SMILES string of the molecule is Cc1ccc(-c2nc3ccccc3n2-c2ccccc2)cn1. The lowest BCUT2D eigenvalue weighted by Gasteiger charge is -2.09. The Bertz CT molecular complexity index is 922. The van der Waals surface area contributed by atoms with Gasteiger partial charge in [0.1, 0.15) is 5.82 Å². The number of hydrogen-bond acceptors (Lipinski definition) is 2. The molecule has 106 valence electrons. The molecular weight excluding hydrogens is 270 g/mol. The van der Waals surface area contributed by atoms with Gasteiger partial charge < -0.3 is 0 Å². The highest BCUT2D eigenvalue weighted by Crippen LogP contribution is 2.28. The first-order valence-electron chi connectivity index (χ1n) is 7.29. The Morgan fingerprint density at radius 1 is 0.818 bits per heavy atom. The van der Waals surface area contributed by atoms with E-state index in [-0.39, 0.29) is 0 Å². The van der Waals surface area contributed by atoms with Gasteiger partial charge in [-0.15, -0.1) is 0 Å². The summed E-state index contributed by atoms with van der Waals surface area (Å²) in [6, 6.07) is 22.6. The van der Waals surface area contributed by atoms with E-state index in [1.54, 1.807) is 0 Å². The van der Waals surface area contributed by atoms with Crippen LogP contribution in [0.5, 0.6) is 0 Å². The monoisotopic (exact) mass is 285 g/mol. The highest BCUT2D eigenvalue weighted by Gasteiger charge is 2.13. The minimum absolute atomic E-state index is 0.917. The molecule has 0 amide bonds. The van der Waals surface area contributed by atoms with Gasteiger partial charge in [-0.05, 0) is 43.3 Å². The van der Waals surface area contributed by atoms with Gasteiger partial charge >= 0.3 is 0 Å². The van der Waals surface area contributed by atoms with Crippen LogP contribution in [0.2, 0.25) is 0 Å². The predicted octanol–water partition coefficient (Wildman–Crippen LogP) is 4.40. The van der Waals surface area contributed by atoms with Crippen LogP contribution in [0.1, 0.15) is 5.69 Å². The molecule has 0 aliphatic heterocycles. The van der Waals surface area contributed by atoms with Crippen molar-refractivity contribution in [3.8, 4) is 17.1 Å². The summed E-state index contributed by atoms with van der Waals surface area (Å²) in [4.78, 5) is 9.22. The first-order chi connectivity index (χ1) is 10.8. The maximum absolute atomic E-state index is 4.81. The van der Waals surface area contributed by atoms with Crippen LogP contribution in [0.15, 0.2) is 72.9 Å². The number of nitrogens with zero attached hydrogens (tertiary/aromatic N) is 3. The van der Waals surface area contributed by atoms with E-state index >= 15 is 0 Å². The first kappa shape index (κ1) is 12.8. The molecule has 0 N–H and O–H groups in total. The summed E-state index contributed by atoms with van der Waals surface area (Å²) in [5.74, 6) is 0.917. The summed E-state index contributed by atoms with van der Waals surface area (Å²) in [7, 11) is 0. The molecule has 0 atom stereocenters. The lowest BCUT2D eigenvalue weighted by Crippen LogP contribution is -1.97. The molecule has 0 saturated heterocycles.